The highest BCUT2D eigenvalue weighted by atomic mass is 79.9. The van der Waals surface area contributed by atoms with Gasteiger partial charge in [-0.2, -0.15) is 9.59 Å². The van der Waals surface area contributed by atoms with Crippen LogP contribution in [0, 0.1) is 11.8 Å². The molecule has 0 amide bonds. The summed E-state index contributed by atoms with van der Waals surface area (Å²) in [6.07, 6.45) is 12.8. The van der Waals surface area contributed by atoms with Crippen LogP contribution in [0.1, 0.15) is 74.7 Å². The minimum atomic E-state index is -1.13. The van der Waals surface area contributed by atoms with E-state index in [0.717, 1.165) is 12.5 Å². The van der Waals surface area contributed by atoms with Crippen molar-refractivity contribution in [2.75, 3.05) is 0 Å². The lowest BCUT2D eigenvalue weighted by Gasteiger charge is -2.20. The van der Waals surface area contributed by atoms with Crippen LogP contribution in [0.5, 0.6) is 0 Å². The molecular weight excluding hydrogens is 495 g/mol. The van der Waals surface area contributed by atoms with E-state index in [1.807, 2.05) is 0 Å². The van der Waals surface area contributed by atoms with E-state index in [2.05, 4.69) is 36.3 Å². The molecular formula is C19H27BrCl2N6O2. The SMILES string of the molecule is Clc1nn(CC2CCCCC2)nc1Br.O=C(O)c1nn(CC2CCCCC2)nc1Cl. The number of hydrogen-bond acceptors (Lipinski definition) is 5. The van der Waals surface area contributed by atoms with E-state index >= 15 is 0 Å². The highest BCUT2D eigenvalue weighted by Crippen LogP contribution is 2.26. The Hall–Kier alpha value is -1.19. The normalized spacial score (nSPS) is 18.1. The summed E-state index contributed by atoms with van der Waals surface area (Å²) < 4.78 is 0.648. The molecule has 2 fully saturated rings. The first-order chi connectivity index (χ1) is 14.4. The van der Waals surface area contributed by atoms with Gasteiger partial charge in [0, 0.05) is 0 Å². The van der Waals surface area contributed by atoms with Crippen molar-refractivity contribution in [3.8, 4) is 0 Å². The van der Waals surface area contributed by atoms with Gasteiger partial charge in [-0.25, -0.2) is 4.79 Å². The van der Waals surface area contributed by atoms with Crippen molar-refractivity contribution in [1.29, 1.82) is 0 Å². The molecule has 4 rings (SSSR count). The van der Waals surface area contributed by atoms with E-state index in [1.54, 1.807) is 4.80 Å². The van der Waals surface area contributed by atoms with Crippen LogP contribution in [-0.4, -0.2) is 41.1 Å². The molecule has 0 atom stereocenters. The van der Waals surface area contributed by atoms with Crippen LogP contribution < -0.4 is 0 Å². The monoisotopic (exact) mass is 520 g/mol. The summed E-state index contributed by atoms with van der Waals surface area (Å²) in [5.74, 6) is 0.165. The van der Waals surface area contributed by atoms with Gasteiger partial charge in [-0.1, -0.05) is 61.7 Å². The van der Waals surface area contributed by atoms with Gasteiger partial charge in [0.2, 0.25) is 5.69 Å². The Balaban J connectivity index is 0.000000172. The van der Waals surface area contributed by atoms with E-state index < -0.39 is 5.97 Å². The second kappa shape index (κ2) is 11.4. The predicted molar refractivity (Wildman–Crippen MR) is 118 cm³/mol. The van der Waals surface area contributed by atoms with Crippen LogP contribution in [0.25, 0.3) is 0 Å². The molecule has 2 heterocycles. The van der Waals surface area contributed by atoms with Crippen molar-refractivity contribution in [2.45, 2.75) is 77.3 Å². The molecule has 2 saturated carbocycles. The molecule has 0 saturated heterocycles. The van der Waals surface area contributed by atoms with Crippen LogP contribution in [0.2, 0.25) is 10.3 Å². The zero-order chi connectivity index (χ0) is 21.5. The van der Waals surface area contributed by atoms with Gasteiger partial charge in [-0.05, 0) is 53.4 Å². The van der Waals surface area contributed by atoms with Gasteiger partial charge in [0.25, 0.3) is 0 Å². The van der Waals surface area contributed by atoms with E-state index in [1.165, 1.54) is 69.0 Å². The molecule has 11 heteroatoms. The molecule has 0 aliphatic heterocycles. The molecule has 30 heavy (non-hydrogen) atoms. The Kier molecular flexibility index (Phi) is 8.95. The number of aromatic carboxylic acids is 1. The van der Waals surface area contributed by atoms with Gasteiger partial charge in [-0.3, -0.25) is 0 Å². The number of carboxylic acids is 1. The lowest BCUT2D eigenvalue weighted by Crippen LogP contribution is -2.16. The number of carbonyl (C=O) groups is 1. The van der Waals surface area contributed by atoms with Gasteiger partial charge in [0.1, 0.15) is 0 Å². The molecule has 0 unspecified atom stereocenters. The third-order valence-electron chi connectivity index (χ3n) is 5.69. The molecule has 2 aliphatic carbocycles. The highest BCUT2D eigenvalue weighted by Gasteiger charge is 2.19. The quantitative estimate of drug-likeness (QED) is 0.558. The summed E-state index contributed by atoms with van der Waals surface area (Å²) in [6, 6.07) is 0. The van der Waals surface area contributed by atoms with E-state index in [9.17, 15) is 4.79 Å². The van der Waals surface area contributed by atoms with Crippen LogP contribution in [0.15, 0.2) is 4.60 Å². The van der Waals surface area contributed by atoms with Gasteiger partial charge in [0.15, 0.2) is 14.9 Å². The highest BCUT2D eigenvalue weighted by molar-refractivity contribution is 9.10. The summed E-state index contributed by atoms with van der Waals surface area (Å²) >= 11 is 14.7. The molecule has 2 aromatic heterocycles. The summed E-state index contributed by atoms with van der Waals surface area (Å²) in [4.78, 5) is 13.9. The van der Waals surface area contributed by atoms with Crippen molar-refractivity contribution < 1.29 is 9.90 Å². The Morgan fingerprint density at radius 1 is 0.833 bits per heavy atom. The molecule has 2 aromatic rings. The number of aromatic nitrogens is 6. The molecule has 166 valence electrons. The molecule has 0 bridgehead atoms. The second-order valence-electron chi connectivity index (χ2n) is 8.04. The molecule has 2 aliphatic rings. The van der Waals surface area contributed by atoms with Crippen molar-refractivity contribution in [2.24, 2.45) is 11.8 Å². The van der Waals surface area contributed by atoms with Crippen LogP contribution in [-0.2, 0) is 13.1 Å². The van der Waals surface area contributed by atoms with Crippen molar-refractivity contribution in [1.82, 2.24) is 30.0 Å². The molecule has 0 radical (unpaired) electrons. The fourth-order valence-electron chi connectivity index (χ4n) is 4.13. The topological polar surface area (TPSA) is 98.7 Å². The number of nitrogens with zero attached hydrogens (tertiary/aromatic N) is 6. The van der Waals surface area contributed by atoms with E-state index in [4.69, 9.17) is 28.3 Å². The van der Waals surface area contributed by atoms with Crippen molar-refractivity contribution >= 4 is 45.1 Å². The van der Waals surface area contributed by atoms with Crippen molar-refractivity contribution in [3.63, 3.8) is 0 Å². The maximum Gasteiger partial charge on any atom is 0.359 e. The third kappa shape index (κ3) is 6.92. The lowest BCUT2D eigenvalue weighted by molar-refractivity contribution is 0.0689. The van der Waals surface area contributed by atoms with Crippen LogP contribution in [0.3, 0.4) is 0 Å². The Morgan fingerprint density at radius 3 is 1.70 bits per heavy atom. The van der Waals surface area contributed by atoms with E-state index in [0.29, 0.717) is 22.2 Å². The zero-order valence-electron chi connectivity index (χ0n) is 16.8. The van der Waals surface area contributed by atoms with Crippen molar-refractivity contribution in [3.05, 3.63) is 20.6 Å². The first-order valence-corrected chi connectivity index (χ1v) is 12.1. The number of carboxylic acid groups (broad SMARTS) is 1. The molecule has 0 spiro atoms. The number of hydrogen-bond donors (Lipinski definition) is 1. The molecule has 0 aromatic carbocycles. The zero-order valence-corrected chi connectivity index (χ0v) is 19.9. The molecule has 1 N–H and O–H groups in total. The van der Waals surface area contributed by atoms with Gasteiger partial charge in [-0.15, -0.1) is 20.4 Å². The van der Waals surface area contributed by atoms with Crippen LogP contribution in [0.4, 0.5) is 0 Å². The first kappa shape index (κ1) is 23.5. The minimum Gasteiger partial charge on any atom is -0.476 e. The minimum absolute atomic E-state index is 0.0247. The first-order valence-electron chi connectivity index (χ1n) is 10.5. The average molecular weight is 522 g/mol. The standard InChI is InChI=1S/C10H14ClN3O2.C9H13BrClN3/c11-9-8(10(15)16)12-14(13-9)6-7-4-2-1-3-5-7;10-8-9(11)13-14(12-8)6-7-4-2-1-3-5-7/h7H,1-6H2,(H,15,16);7H,1-6H2. The van der Waals surface area contributed by atoms with E-state index in [-0.39, 0.29) is 10.8 Å². The van der Waals surface area contributed by atoms with Gasteiger partial charge >= 0.3 is 5.97 Å². The summed E-state index contributed by atoms with van der Waals surface area (Å²) in [7, 11) is 0. The van der Waals surface area contributed by atoms with Crippen LogP contribution >= 0.6 is 39.1 Å². The Morgan fingerprint density at radius 2 is 1.30 bits per heavy atom. The second-order valence-corrected chi connectivity index (χ2v) is 9.51. The third-order valence-corrected chi connectivity index (χ3v) is 6.96. The smallest absolute Gasteiger partial charge is 0.359 e. The maximum absolute atomic E-state index is 10.7. The van der Waals surface area contributed by atoms with Gasteiger partial charge in [0.05, 0.1) is 13.1 Å². The summed E-state index contributed by atoms with van der Waals surface area (Å²) in [5, 5.41) is 25.3. The lowest BCUT2D eigenvalue weighted by atomic mass is 9.89. The Labute approximate surface area is 194 Å². The average Bonchev–Trinajstić information content (AvgIpc) is 3.25. The summed E-state index contributed by atoms with van der Waals surface area (Å²) in [6.45, 7) is 1.58. The largest absolute Gasteiger partial charge is 0.476 e. The predicted octanol–water partition coefficient (Wildman–Crippen LogP) is 5.48. The number of halogens is 3. The maximum atomic E-state index is 10.7. The Bertz CT molecular complexity index is 812. The number of rotatable bonds is 5. The fourth-order valence-corrected chi connectivity index (χ4v) is 4.72. The van der Waals surface area contributed by atoms with Gasteiger partial charge < -0.3 is 5.11 Å². The fraction of sp³-hybridized carbons (Fsp3) is 0.737. The molecule has 8 nitrogen and oxygen atoms in total. The summed E-state index contributed by atoms with van der Waals surface area (Å²) in [5.41, 5.74) is -0.155.